The number of hydrogen-bond donors (Lipinski definition) is 0. The molecule has 0 aromatic heterocycles. The molecule has 0 fully saturated rings. The predicted octanol–water partition coefficient (Wildman–Crippen LogP) is 3.57. The molecule has 1 rings (SSSR count). The Kier molecular flexibility index (Phi) is 5.67. The van der Waals surface area contributed by atoms with E-state index in [4.69, 9.17) is 20.2 Å². The van der Waals surface area contributed by atoms with Crippen molar-refractivity contribution < 1.29 is 17.9 Å². The normalized spacial score (nSPS) is 12.5. The van der Waals surface area contributed by atoms with Gasteiger partial charge in [0, 0.05) is 24.2 Å². The molecule has 0 aliphatic heterocycles. The first-order chi connectivity index (χ1) is 8.65. The Morgan fingerprint density at radius 3 is 2.47 bits per heavy atom. The molecular weight excluding hydrogens is 356 g/mol. The molecule has 108 valence electrons. The van der Waals surface area contributed by atoms with Crippen molar-refractivity contribution in [2.24, 2.45) is 0 Å². The Labute approximate surface area is 126 Å². The lowest BCUT2D eigenvalue weighted by atomic mass is 10.1. The topological polar surface area (TPSA) is 52.6 Å². The van der Waals surface area contributed by atoms with E-state index in [2.05, 4.69) is 15.9 Å². The first-order valence-corrected chi connectivity index (χ1v) is 8.68. The van der Waals surface area contributed by atoms with Gasteiger partial charge in [-0.15, -0.1) is 0 Å². The molecule has 0 aliphatic carbocycles. The van der Waals surface area contributed by atoms with Crippen LogP contribution in [0.4, 0.5) is 0 Å². The van der Waals surface area contributed by atoms with Crippen LogP contribution in [0.25, 0.3) is 0 Å². The molecule has 19 heavy (non-hydrogen) atoms. The first-order valence-electron chi connectivity index (χ1n) is 5.58. The molecule has 0 atom stereocenters. The van der Waals surface area contributed by atoms with E-state index in [1.54, 1.807) is 13.2 Å². The van der Waals surface area contributed by atoms with Gasteiger partial charge in [-0.1, -0.05) is 0 Å². The average Bonchev–Trinajstić information content (AvgIpc) is 2.30. The van der Waals surface area contributed by atoms with E-state index < -0.39 is 9.05 Å². The molecule has 0 bridgehead atoms. The van der Waals surface area contributed by atoms with Crippen LogP contribution < -0.4 is 4.74 Å². The van der Waals surface area contributed by atoms with E-state index in [-0.39, 0.29) is 10.5 Å². The number of halogens is 2. The van der Waals surface area contributed by atoms with Crippen molar-refractivity contribution >= 4 is 35.7 Å². The highest BCUT2D eigenvalue weighted by molar-refractivity contribution is 9.10. The van der Waals surface area contributed by atoms with Gasteiger partial charge in [-0.05, 0) is 48.0 Å². The molecule has 0 spiro atoms. The number of ether oxygens (including phenoxy) is 2. The zero-order chi connectivity index (χ0) is 14.7. The van der Waals surface area contributed by atoms with Crippen molar-refractivity contribution in [1.29, 1.82) is 0 Å². The average molecular weight is 372 g/mol. The van der Waals surface area contributed by atoms with Gasteiger partial charge in [0.2, 0.25) is 0 Å². The van der Waals surface area contributed by atoms with Crippen LogP contribution in [0.3, 0.4) is 0 Å². The summed E-state index contributed by atoms with van der Waals surface area (Å²) in [5.74, 6) is 0.566. The van der Waals surface area contributed by atoms with Gasteiger partial charge in [-0.3, -0.25) is 0 Å². The molecular formula is C12H16BrClO4S. The second-order valence-corrected chi connectivity index (χ2v) is 8.01. The summed E-state index contributed by atoms with van der Waals surface area (Å²) in [5, 5.41) is 0. The Bertz CT molecular complexity index is 543. The minimum atomic E-state index is -3.72. The number of hydrogen-bond acceptors (Lipinski definition) is 4. The molecule has 0 aliphatic rings. The van der Waals surface area contributed by atoms with Gasteiger partial charge in [0.1, 0.15) is 5.75 Å². The van der Waals surface area contributed by atoms with Gasteiger partial charge in [0.25, 0.3) is 9.05 Å². The fourth-order valence-electron chi connectivity index (χ4n) is 1.26. The highest BCUT2D eigenvalue weighted by Crippen LogP contribution is 2.29. The summed E-state index contributed by atoms with van der Waals surface area (Å²) in [6.45, 7) is 4.40. The molecule has 0 radical (unpaired) electrons. The maximum Gasteiger partial charge on any atom is 0.261 e. The first kappa shape index (κ1) is 16.8. The number of methoxy groups -OCH3 is 1. The highest BCUT2D eigenvalue weighted by atomic mass is 79.9. The monoisotopic (exact) mass is 370 g/mol. The number of benzene rings is 1. The van der Waals surface area contributed by atoms with Crippen LogP contribution >= 0.6 is 26.6 Å². The summed E-state index contributed by atoms with van der Waals surface area (Å²) in [4.78, 5) is 0.0330. The summed E-state index contributed by atoms with van der Waals surface area (Å²) in [5.41, 5.74) is -0.258. The Morgan fingerprint density at radius 2 is 2.00 bits per heavy atom. The number of rotatable bonds is 6. The molecule has 0 saturated carbocycles. The van der Waals surface area contributed by atoms with E-state index in [1.165, 1.54) is 12.1 Å². The van der Waals surface area contributed by atoms with Crippen LogP contribution in [0.15, 0.2) is 27.6 Å². The van der Waals surface area contributed by atoms with Crippen LogP contribution in [0, 0.1) is 0 Å². The van der Waals surface area contributed by atoms with Gasteiger partial charge < -0.3 is 9.47 Å². The molecule has 0 saturated heterocycles. The standard InChI is InChI=1S/C12H16BrClO4S/c1-12(2,17-3)6-7-18-11-5-4-9(8-10(11)13)19(14,15)16/h4-5,8H,6-7H2,1-3H3. The molecule has 1 aromatic rings. The summed E-state index contributed by atoms with van der Waals surface area (Å²) in [6, 6.07) is 4.39. The minimum Gasteiger partial charge on any atom is -0.492 e. The lowest BCUT2D eigenvalue weighted by molar-refractivity contribution is 0.00539. The van der Waals surface area contributed by atoms with Crippen LogP contribution in [-0.4, -0.2) is 27.7 Å². The predicted molar refractivity (Wildman–Crippen MR) is 78.4 cm³/mol. The van der Waals surface area contributed by atoms with Crippen molar-refractivity contribution in [2.75, 3.05) is 13.7 Å². The summed E-state index contributed by atoms with van der Waals surface area (Å²) in [7, 11) is 3.19. The summed E-state index contributed by atoms with van der Waals surface area (Å²) >= 11 is 3.26. The summed E-state index contributed by atoms with van der Waals surface area (Å²) in [6.07, 6.45) is 0.714. The van der Waals surface area contributed by atoms with Gasteiger partial charge in [0.15, 0.2) is 0 Å². The smallest absolute Gasteiger partial charge is 0.261 e. The van der Waals surface area contributed by atoms with Crippen molar-refractivity contribution in [2.45, 2.75) is 30.8 Å². The molecule has 1 aromatic carbocycles. The second-order valence-electron chi connectivity index (χ2n) is 4.59. The Balaban J connectivity index is 2.72. The molecule has 0 heterocycles. The van der Waals surface area contributed by atoms with E-state index in [0.717, 1.165) is 0 Å². The van der Waals surface area contributed by atoms with Crippen LogP contribution in [-0.2, 0) is 13.8 Å². The van der Waals surface area contributed by atoms with E-state index in [0.29, 0.717) is 23.2 Å². The van der Waals surface area contributed by atoms with Crippen LogP contribution in [0.2, 0.25) is 0 Å². The van der Waals surface area contributed by atoms with E-state index >= 15 is 0 Å². The van der Waals surface area contributed by atoms with Crippen molar-refractivity contribution in [3.05, 3.63) is 22.7 Å². The van der Waals surface area contributed by atoms with Gasteiger partial charge in [-0.25, -0.2) is 8.42 Å². The maximum atomic E-state index is 11.2. The largest absolute Gasteiger partial charge is 0.492 e. The SMILES string of the molecule is COC(C)(C)CCOc1ccc(S(=O)(=O)Cl)cc1Br. The van der Waals surface area contributed by atoms with E-state index in [9.17, 15) is 8.42 Å². The lowest BCUT2D eigenvalue weighted by Crippen LogP contribution is -2.25. The van der Waals surface area contributed by atoms with Gasteiger partial charge >= 0.3 is 0 Å². The minimum absolute atomic E-state index is 0.0330. The Hall–Kier alpha value is -0.300. The van der Waals surface area contributed by atoms with Crippen molar-refractivity contribution in [3.8, 4) is 5.75 Å². The third-order valence-corrected chi connectivity index (χ3v) is 4.67. The quantitative estimate of drug-likeness (QED) is 0.717. The molecule has 0 unspecified atom stereocenters. The maximum absolute atomic E-state index is 11.2. The zero-order valence-corrected chi connectivity index (χ0v) is 14.1. The van der Waals surface area contributed by atoms with Crippen LogP contribution in [0.5, 0.6) is 5.75 Å². The zero-order valence-electron chi connectivity index (χ0n) is 10.9. The highest BCUT2D eigenvalue weighted by Gasteiger charge is 2.17. The molecule has 0 amide bonds. The molecule has 7 heteroatoms. The fraction of sp³-hybridized carbons (Fsp3) is 0.500. The second kappa shape index (κ2) is 6.43. The summed E-state index contributed by atoms with van der Waals surface area (Å²) < 4.78 is 33.7. The third-order valence-electron chi connectivity index (χ3n) is 2.70. The third kappa shape index (κ3) is 5.30. The van der Waals surface area contributed by atoms with Gasteiger partial charge in [-0.2, -0.15) is 0 Å². The lowest BCUT2D eigenvalue weighted by Gasteiger charge is -2.22. The van der Waals surface area contributed by atoms with Crippen molar-refractivity contribution in [3.63, 3.8) is 0 Å². The van der Waals surface area contributed by atoms with Gasteiger partial charge in [0.05, 0.1) is 21.6 Å². The molecule has 4 nitrogen and oxygen atoms in total. The molecule has 0 N–H and O–H groups in total. The van der Waals surface area contributed by atoms with E-state index in [1.807, 2.05) is 13.8 Å². The fourth-order valence-corrected chi connectivity index (χ4v) is 2.68. The van der Waals surface area contributed by atoms with Crippen LogP contribution in [0.1, 0.15) is 20.3 Å². The Morgan fingerprint density at radius 1 is 1.37 bits per heavy atom. The van der Waals surface area contributed by atoms with Crippen molar-refractivity contribution in [1.82, 2.24) is 0 Å².